The molecular weight excluding hydrogens is 465 g/mol. The lowest BCUT2D eigenvalue weighted by Crippen LogP contribution is -2.52. The van der Waals surface area contributed by atoms with E-state index in [-0.39, 0.29) is 12.5 Å². The Bertz CT molecular complexity index is 1030. The van der Waals surface area contributed by atoms with E-state index in [1.807, 2.05) is 55.5 Å². The SMILES string of the molecule is CCCCC(CC(=O)NC(C(=O)O)C(F)(F)F)NC(=O)OCC1c2ccccc2-c2ccccc21. The number of amides is 2. The maximum absolute atomic E-state index is 12.9. The van der Waals surface area contributed by atoms with E-state index in [0.29, 0.717) is 12.8 Å². The number of carbonyl (C=O) groups is 3. The number of hydrogen-bond acceptors (Lipinski definition) is 4. The van der Waals surface area contributed by atoms with Gasteiger partial charge in [-0.3, -0.25) is 4.79 Å². The van der Waals surface area contributed by atoms with E-state index in [9.17, 15) is 27.6 Å². The van der Waals surface area contributed by atoms with E-state index >= 15 is 0 Å². The molecule has 0 aliphatic heterocycles. The molecule has 3 N–H and O–H groups in total. The summed E-state index contributed by atoms with van der Waals surface area (Å²) >= 11 is 0. The van der Waals surface area contributed by atoms with Crippen LogP contribution < -0.4 is 10.6 Å². The Morgan fingerprint density at radius 2 is 1.57 bits per heavy atom. The molecule has 0 fully saturated rings. The number of fused-ring (bicyclic) bond motifs is 3. The number of alkyl carbamates (subject to hydrolysis) is 1. The number of carboxylic acid groups (broad SMARTS) is 1. The van der Waals surface area contributed by atoms with Gasteiger partial charge in [0.25, 0.3) is 0 Å². The zero-order valence-electron chi connectivity index (χ0n) is 19.1. The molecule has 2 aromatic rings. The van der Waals surface area contributed by atoms with Gasteiger partial charge in [-0.15, -0.1) is 0 Å². The van der Waals surface area contributed by atoms with Crippen LogP contribution >= 0.6 is 0 Å². The summed E-state index contributed by atoms with van der Waals surface area (Å²) in [6, 6.07) is 11.8. The molecule has 10 heteroatoms. The molecular formula is C25H27F3N2O5. The van der Waals surface area contributed by atoms with E-state index in [2.05, 4.69) is 5.32 Å². The first kappa shape index (κ1) is 26.1. The van der Waals surface area contributed by atoms with Gasteiger partial charge >= 0.3 is 18.2 Å². The monoisotopic (exact) mass is 492 g/mol. The molecule has 0 heterocycles. The average Bonchev–Trinajstić information content (AvgIpc) is 3.12. The molecule has 7 nitrogen and oxygen atoms in total. The Morgan fingerprint density at radius 3 is 2.09 bits per heavy atom. The van der Waals surface area contributed by atoms with Crippen molar-refractivity contribution in [1.82, 2.24) is 10.6 Å². The molecule has 3 rings (SSSR count). The second-order valence-electron chi connectivity index (χ2n) is 8.39. The number of rotatable bonds is 10. The number of aliphatic carboxylic acids is 1. The maximum Gasteiger partial charge on any atom is 0.419 e. The smallest absolute Gasteiger partial charge is 0.419 e. The summed E-state index contributed by atoms with van der Waals surface area (Å²) in [6.45, 7) is 1.93. The van der Waals surface area contributed by atoms with Crippen molar-refractivity contribution in [3.05, 3.63) is 59.7 Å². The third-order valence-electron chi connectivity index (χ3n) is 5.88. The normalized spacial score (nSPS) is 14.4. The second-order valence-corrected chi connectivity index (χ2v) is 8.39. The van der Waals surface area contributed by atoms with E-state index in [1.165, 1.54) is 5.32 Å². The van der Waals surface area contributed by atoms with E-state index in [4.69, 9.17) is 9.84 Å². The van der Waals surface area contributed by atoms with Gasteiger partial charge in [0.15, 0.2) is 0 Å². The van der Waals surface area contributed by atoms with Gasteiger partial charge in [-0.2, -0.15) is 13.2 Å². The van der Waals surface area contributed by atoms with Crippen molar-refractivity contribution in [2.24, 2.45) is 0 Å². The van der Waals surface area contributed by atoms with E-state index in [0.717, 1.165) is 28.7 Å². The van der Waals surface area contributed by atoms with Crippen molar-refractivity contribution in [3.8, 4) is 11.1 Å². The molecule has 0 saturated carbocycles. The van der Waals surface area contributed by atoms with Gasteiger partial charge in [0.2, 0.25) is 11.9 Å². The van der Waals surface area contributed by atoms with Crippen LogP contribution in [0.2, 0.25) is 0 Å². The van der Waals surface area contributed by atoms with Crippen LogP contribution in [0.15, 0.2) is 48.5 Å². The summed E-state index contributed by atoms with van der Waals surface area (Å²) in [7, 11) is 0. The quantitative estimate of drug-likeness (QED) is 0.450. The highest BCUT2D eigenvalue weighted by atomic mass is 19.4. The molecule has 0 saturated heterocycles. The lowest BCUT2D eigenvalue weighted by Gasteiger charge is -2.22. The van der Waals surface area contributed by atoms with Crippen molar-refractivity contribution in [1.29, 1.82) is 0 Å². The summed E-state index contributed by atoms with van der Waals surface area (Å²) in [6.07, 6.45) is -4.80. The first-order chi connectivity index (χ1) is 16.6. The first-order valence-electron chi connectivity index (χ1n) is 11.3. The van der Waals surface area contributed by atoms with Crippen LogP contribution in [0.1, 0.15) is 49.7 Å². The molecule has 188 valence electrons. The standard InChI is InChI=1S/C25H27F3N2O5/c1-2-3-8-15(13-21(31)30-22(23(32)33)25(26,27)28)29-24(34)35-14-20-18-11-6-4-9-16(18)17-10-5-7-12-19(17)20/h4-7,9-12,15,20,22H,2-3,8,13-14H2,1H3,(H,29,34)(H,30,31)(H,32,33). The van der Waals surface area contributed by atoms with E-state index in [1.54, 1.807) is 0 Å². The molecule has 2 aromatic carbocycles. The van der Waals surface area contributed by atoms with Crippen LogP contribution in [0, 0.1) is 0 Å². The topological polar surface area (TPSA) is 105 Å². The van der Waals surface area contributed by atoms with Crippen LogP contribution in [-0.2, 0) is 14.3 Å². The van der Waals surface area contributed by atoms with Crippen LogP contribution in [0.4, 0.5) is 18.0 Å². The average molecular weight is 492 g/mol. The Hall–Kier alpha value is -3.56. The van der Waals surface area contributed by atoms with Crippen LogP contribution in [0.25, 0.3) is 11.1 Å². The van der Waals surface area contributed by atoms with Crippen molar-refractivity contribution in [3.63, 3.8) is 0 Å². The van der Waals surface area contributed by atoms with Crippen LogP contribution in [0.3, 0.4) is 0 Å². The Labute approximate surface area is 200 Å². The molecule has 1 aliphatic carbocycles. The van der Waals surface area contributed by atoms with Crippen molar-refractivity contribution < 1.29 is 37.4 Å². The molecule has 0 radical (unpaired) electrons. The number of carbonyl (C=O) groups excluding carboxylic acids is 2. The number of alkyl halides is 3. The van der Waals surface area contributed by atoms with Crippen molar-refractivity contribution in [2.45, 2.75) is 56.8 Å². The molecule has 1 aliphatic rings. The maximum atomic E-state index is 12.9. The molecule has 35 heavy (non-hydrogen) atoms. The number of halogens is 3. The fourth-order valence-corrected chi connectivity index (χ4v) is 4.21. The van der Waals surface area contributed by atoms with Gasteiger partial charge in [0, 0.05) is 18.4 Å². The lowest BCUT2D eigenvalue weighted by molar-refractivity contribution is -0.182. The molecule has 0 aromatic heterocycles. The highest BCUT2D eigenvalue weighted by Crippen LogP contribution is 2.44. The van der Waals surface area contributed by atoms with Gasteiger partial charge in [0.05, 0.1) is 0 Å². The number of hydrogen-bond donors (Lipinski definition) is 3. The van der Waals surface area contributed by atoms with Gasteiger partial charge in [-0.25, -0.2) is 9.59 Å². The third kappa shape index (κ3) is 6.52. The molecule has 2 amide bonds. The summed E-state index contributed by atoms with van der Waals surface area (Å²) in [5.74, 6) is -3.51. The number of benzene rings is 2. The highest BCUT2D eigenvalue weighted by Gasteiger charge is 2.46. The first-order valence-corrected chi connectivity index (χ1v) is 11.3. The largest absolute Gasteiger partial charge is 0.479 e. The fourth-order valence-electron chi connectivity index (χ4n) is 4.21. The number of nitrogens with one attached hydrogen (secondary N) is 2. The second kappa shape index (κ2) is 11.2. The number of carboxylic acids is 1. The van der Waals surface area contributed by atoms with Crippen molar-refractivity contribution in [2.75, 3.05) is 6.61 Å². The Kier molecular flexibility index (Phi) is 8.37. The van der Waals surface area contributed by atoms with Crippen LogP contribution in [-0.4, -0.2) is 47.9 Å². The zero-order valence-corrected chi connectivity index (χ0v) is 19.1. The minimum absolute atomic E-state index is 0.0434. The number of ether oxygens (including phenoxy) is 1. The molecule has 2 unspecified atom stereocenters. The summed E-state index contributed by atoms with van der Waals surface area (Å²) < 4.78 is 44.0. The molecule has 2 atom stereocenters. The summed E-state index contributed by atoms with van der Waals surface area (Å²) in [5.41, 5.74) is 4.17. The van der Waals surface area contributed by atoms with Gasteiger partial charge in [0.1, 0.15) is 6.61 Å². The van der Waals surface area contributed by atoms with Crippen LogP contribution in [0.5, 0.6) is 0 Å². The summed E-state index contributed by atoms with van der Waals surface area (Å²) in [5, 5.41) is 12.8. The summed E-state index contributed by atoms with van der Waals surface area (Å²) in [4.78, 5) is 35.5. The predicted molar refractivity (Wildman–Crippen MR) is 122 cm³/mol. The number of unbranched alkanes of at least 4 members (excludes halogenated alkanes) is 1. The van der Waals surface area contributed by atoms with Gasteiger partial charge in [-0.05, 0) is 28.7 Å². The molecule has 0 bridgehead atoms. The lowest BCUT2D eigenvalue weighted by atomic mass is 9.98. The Morgan fingerprint density at radius 1 is 1.00 bits per heavy atom. The highest BCUT2D eigenvalue weighted by molar-refractivity contribution is 5.85. The molecule has 0 spiro atoms. The van der Waals surface area contributed by atoms with Crippen molar-refractivity contribution >= 4 is 18.0 Å². The van der Waals surface area contributed by atoms with Gasteiger partial charge < -0.3 is 20.5 Å². The zero-order chi connectivity index (χ0) is 25.6. The fraction of sp³-hybridized carbons (Fsp3) is 0.400. The van der Waals surface area contributed by atoms with E-state index < -0.39 is 42.7 Å². The predicted octanol–water partition coefficient (Wildman–Crippen LogP) is 4.61. The third-order valence-corrected chi connectivity index (χ3v) is 5.88. The Balaban J connectivity index is 1.62. The van der Waals surface area contributed by atoms with Gasteiger partial charge in [-0.1, -0.05) is 68.3 Å². The minimum Gasteiger partial charge on any atom is -0.479 e. The minimum atomic E-state index is -5.14.